The Balaban J connectivity index is 1.19. The van der Waals surface area contributed by atoms with Gasteiger partial charge in [0.05, 0.1) is 11.1 Å². The molecule has 0 bridgehead atoms. The number of hydrogen-bond donors (Lipinski definition) is 0. The summed E-state index contributed by atoms with van der Waals surface area (Å²) in [4.78, 5) is 2.40. The molecule has 0 fully saturated rings. The number of benzene rings is 7. The molecule has 10 rings (SSSR count). The van der Waals surface area contributed by atoms with Gasteiger partial charge >= 0.3 is 0 Å². The largest absolute Gasteiger partial charge is 0.456 e. The van der Waals surface area contributed by atoms with E-state index in [4.69, 9.17) is 8.83 Å². The zero-order valence-electron chi connectivity index (χ0n) is 33.5. The molecule has 2 aromatic heterocycles. The molecule has 2 heterocycles. The Labute approximate surface area is 329 Å². The second-order valence-corrected chi connectivity index (χ2v) is 18.2. The number of anilines is 3. The minimum Gasteiger partial charge on any atom is -0.456 e. The standard InChI is InChI=1S/C53H47NO2/c1-51(2,3)34-27-41-40-30-43-39(31-48(40)56-50(41)44(28-34)52(4,5)6)38-29-36(25-26-42(38)53(43,7)8)54(35-23-21-33(22-24-35)32-15-10-9-11-16-32)45-18-14-20-47-49(45)37-17-12-13-19-46(37)55-47/h9-31H,1-8H3. The summed E-state index contributed by atoms with van der Waals surface area (Å²) in [5.74, 6) is 0. The van der Waals surface area contributed by atoms with E-state index in [1.807, 2.05) is 6.07 Å². The lowest BCUT2D eigenvalue weighted by Gasteiger charge is -2.28. The van der Waals surface area contributed by atoms with Crippen LogP contribution in [0.25, 0.3) is 66.1 Å². The van der Waals surface area contributed by atoms with Crippen molar-refractivity contribution in [3.8, 4) is 22.3 Å². The van der Waals surface area contributed by atoms with Gasteiger partial charge in [-0.25, -0.2) is 0 Å². The summed E-state index contributed by atoms with van der Waals surface area (Å²) in [5.41, 5.74) is 16.8. The number of fused-ring (bicyclic) bond motifs is 9. The Hall–Kier alpha value is -6.06. The number of nitrogens with zero attached hydrogens (tertiary/aromatic N) is 1. The molecule has 0 N–H and O–H groups in total. The Morgan fingerprint density at radius 2 is 1.16 bits per heavy atom. The number of rotatable bonds is 4. The van der Waals surface area contributed by atoms with Crippen LogP contribution in [0, 0.1) is 0 Å². The fraction of sp³-hybridized carbons (Fsp3) is 0.208. The highest BCUT2D eigenvalue weighted by molar-refractivity contribution is 6.14. The van der Waals surface area contributed by atoms with Gasteiger partial charge in [-0.15, -0.1) is 0 Å². The minimum atomic E-state index is -0.196. The Morgan fingerprint density at radius 1 is 0.482 bits per heavy atom. The summed E-state index contributed by atoms with van der Waals surface area (Å²) in [5, 5.41) is 4.60. The zero-order valence-corrected chi connectivity index (χ0v) is 33.5. The topological polar surface area (TPSA) is 29.5 Å². The molecule has 0 spiro atoms. The first-order valence-corrected chi connectivity index (χ1v) is 19.8. The lowest BCUT2D eigenvalue weighted by molar-refractivity contribution is 0.559. The van der Waals surface area contributed by atoms with E-state index in [1.54, 1.807) is 0 Å². The summed E-state index contributed by atoms with van der Waals surface area (Å²) < 4.78 is 13.3. The van der Waals surface area contributed by atoms with Crippen LogP contribution in [-0.4, -0.2) is 0 Å². The maximum Gasteiger partial charge on any atom is 0.139 e. The van der Waals surface area contributed by atoms with Crippen molar-refractivity contribution in [1.29, 1.82) is 0 Å². The number of hydrogen-bond acceptors (Lipinski definition) is 3. The molecule has 3 heteroatoms. The van der Waals surface area contributed by atoms with E-state index in [0.717, 1.165) is 50.2 Å². The summed E-state index contributed by atoms with van der Waals surface area (Å²) in [7, 11) is 0. The quantitative estimate of drug-likeness (QED) is 0.181. The summed E-state index contributed by atoms with van der Waals surface area (Å²) >= 11 is 0. The molecule has 0 radical (unpaired) electrons. The Kier molecular flexibility index (Phi) is 7.36. The highest BCUT2D eigenvalue weighted by Crippen LogP contribution is 2.54. The third kappa shape index (κ3) is 5.24. The minimum absolute atomic E-state index is 0.0151. The van der Waals surface area contributed by atoms with Gasteiger partial charge in [-0.05, 0) is 110 Å². The van der Waals surface area contributed by atoms with Crippen molar-refractivity contribution in [1.82, 2.24) is 0 Å². The van der Waals surface area contributed by atoms with Crippen molar-refractivity contribution in [2.45, 2.75) is 71.6 Å². The summed E-state index contributed by atoms with van der Waals surface area (Å²) in [6.07, 6.45) is 0. The van der Waals surface area contributed by atoms with Gasteiger partial charge in [-0.3, -0.25) is 0 Å². The van der Waals surface area contributed by atoms with E-state index in [0.29, 0.717) is 0 Å². The highest BCUT2D eigenvalue weighted by Gasteiger charge is 2.37. The van der Waals surface area contributed by atoms with Crippen LogP contribution in [0.1, 0.15) is 77.6 Å². The predicted octanol–water partition coefficient (Wildman–Crippen LogP) is 15.5. The van der Waals surface area contributed by atoms with Crippen LogP contribution >= 0.6 is 0 Å². The third-order valence-corrected chi connectivity index (χ3v) is 12.1. The van der Waals surface area contributed by atoms with Gasteiger partial charge in [0, 0.05) is 38.5 Å². The average Bonchev–Trinajstić information content (AvgIpc) is 3.81. The van der Waals surface area contributed by atoms with Crippen LogP contribution in [0.4, 0.5) is 17.1 Å². The molecular weight excluding hydrogens is 683 g/mol. The molecule has 3 nitrogen and oxygen atoms in total. The fourth-order valence-electron chi connectivity index (χ4n) is 9.04. The van der Waals surface area contributed by atoms with E-state index in [2.05, 4.69) is 194 Å². The first kappa shape index (κ1) is 34.4. The van der Waals surface area contributed by atoms with Gasteiger partial charge in [0.25, 0.3) is 0 Å². The molecule has 0 unspecified atom stereocenters. The molecule has 0 saturated heterocycles. The van der Waals surface area contributed by atoms with Gasteiger partial charge in [-0.1, -0.05) is 134 Å². The van der Waals surface area contributed by atoms with Crippen molar-refractivity contribution in [2.24, 2.45) is 0 Å². The molecular formula is C53H47NO2. The molecule has 0 saturated carbocycles. The zero-order chi connectivity index (χ0) is 38.7. The van der Waals surface area contributed by atoms with Crippen molar-refractivity contribution < 1.29 is 8.83 Å². The van der Waals surface area contributed by atoms with Gasteiger partial charge in [0.15, 0.2) is 0 Å². The highest BCUT2D eigenvalue weighted by atomic mass is 16.3. The molecule has 9 aromatic rings. The second kappa shape index (κ2) is 12.0. The van der Waals surface area contributed by atoms with Crippen LogP contribution < -0.4 is 4.90 Å². The van der Waals surface area contributed by atoms with Gasteiger partial charge in [0.2, 0.25) is 0 Å². The Morgan fingerprint density at radius 3 is 1.91 bits per heavy atom. The second-order valence-electron chi connectivity index (χ2n) is 18.2. The first-order valence-electron chi connectivity index (χ1n) is 19.8. The monoisotopic (exact) mass is 729 g/mol. The smallest absolute Gasteiger partial charge is 0.139 e. The van der Waals surface area contributed by atoms with Crippen molar-refractivity contribution >= 4 is 60.9 Å². The maximum atomic E-state index is 6.91. The van der Waals surface area contributed by atoms with E-state index in [9.17, 15) is 0 Å². The van der Waals surface area contributed by atoms with Crippen LogP contribution in [0.2, 0.25) is 0 Å². The molecule has 276 valence electrons. The molecule has 0 aliphatic heterocycles. The van der Waals surface area contributed by atoms with Gasteiger partial charge < -0.3 is 13.7 Å². The normalized spacial score (nSPS) is 13.9. The molecule has 1 aliphatic rings. The first-order chi connectivity index (χ1) is 26.8. The van der Waals surface area contributed by atoms with Crippen molar-refractivity contribution in [2.75, 3.05) is 4.90 Å². The average molecular weight is 730 g/mol. The predicted molar refractivity (Wildman–Crippen MR) is 236 cm³/mol. The molecule has 7 aromatic carbocycles. The maximum absolute atomic E-state index is 6.91. The van der Waals surface area contributed by atoms with Crippen LogP contribution in [0.3, 0.4) is 0 Å². The fourth-order valence-corrected chi connectivity index (χ4v) is 9.04. The van der Waals surface area contributed by atoms with E-state index in [-0.39, 0.29) is 16.2 Å². The van der Waals surface area contributed by atoms with Crippen LogP contribution in [-0.2, 0) is 16.2 Å². The van der Waals surface area contributed by atoms with Crippen molar-refractivity contribution in [3.05, 3.63) is 162 Å². The van der Waals surface area contributed by atoms with E-state index < -0.39 is 0 Å². The molecule has 1 aliphatic carbocycles. The molecule has 0 amide bonds. The van der Waals surface area contributed by atoms with Gasteiger partial charge in [0.1, 0.15) is 22.3 Å². The number of para-hydroxylation sites is 1. The molecule has 0 atom stereocenters. The SMILES string of the molecule is CC(C)(C)c1cc(C(C)(C)C)c2oc3cc4c(cc3c2c1)C(C)(C)c1ccc(N(c2ccc(-c3ccccc3)cc2)c2cccc3oc5ccccc5c23)cc1-4. The van der Waals surface area contributed by atoms with Crippen molar-refractivity contribution in [3.63, 3.8) is 0 Å². The van der Waals surface area contributed by atoms with Crippen LogP contribution in [0.15, 0.2) is 148 Å². The lowest BCUT2D eigenvalue weighted by atomic mass is 9.79. The van der Waals surface area contributed by atoms with E-state index >= 15 is 0 Å². The Bertz CT molecular complexity index is 3000. The van der Waals surface area contributed by atoms with Gasteiger partial charge in [-0.2, -0.15) is 0 Å². The van der Waals surface area contributed by atoms with Crippen LogP contribution in [0.5, 0.6) is 0 Å². The van der Waals surface area contributed by atoms with E-state index in [1.165, 1.54) is 55.3 Å². The number of furan rings is 2. The summed E-state index contributed by atoms with van der Waals surface area (Å²) in [6.45, 7) is 18.5. The molecule has 56 heavy (non-hydrogen) atoms. The lowest BCUT2D eigenvalue weighted by Crippen LogP contribution is -2.16. The third-order valence-electron chi connectivity index (χ3n) is 12.1. The summed E-state index contributed by atoms with van der Waals surface area (Å²) in [6, 6.07) is 50.8.